The zero-order valence-electron chi connectivity index (χ0n) is 13.5. The van der Waals surface area contributed by atoms with Crippen molar-refractivity contribution in [3.63, 3.8) is 0 Å². The second-order valence-corrected chi connectivity index (χ2v) is 6.01. The number of amides is 1. The standard InChI is InChI=1S/C15H23F3N4O/c1-3-4-7-22-8-5-11(6-9-22)19-14(23)12-10-21(2)20-13(12)15(16,17)18/h10-11H,3-9H2,1-2H3,(H,19,23). The Balaban J connectivity index is 1.94. The van der Waals surface area contributed by atoms with E-state index in [0.29, 0.717) is 0 Å². The Morgan fingerprint density at radius 1 is 1.39 bits per heavy atom. The van der Waals surface area contributed by atoms with Gasteiger partial charge in [0.15, 0.2) is 5.69 Å². The van der Waals surface area contributed by atoms with Gasteiger partial charge < -0.3 is 10.2 Å². The molecule has 1 N–H and O–H groups in total. The molecule has 5 nitrogen and oxygen atoms in total. The summed E-state index contributed by atoms with van der Waals surface area (Å²) in [5, 5.41) is 6.08. The van der Waals surface area contributed by atoms with E-state index < -0.39 is 23.3 Å². The van der Waals surface area contributed by atoms with E-state index in [4.69, 9.17) is 0 Å². The molecule has 1 aromatic rings. The van der Waals surface area contributed by atoms with E-state index in [0.717, 1.165) is 56.2 Å². The summed E-state index contributed by atoms with van der Waals surface area (Å²) in [7, 11) is 1.37. The van der Waals surface area contributed by atoms with Crippen LogP contribution >= 0.6 is 0 Å². The molecule has 0 aliphatic carbocycles. The maximum atomic E-state index is 12.9. The lowest BCUT2D eigenvalue weighted by Crippen LogP contribution is -2.45. The van der Waals surface area contributed by atoms with E-state index in [-0.39, 0.29) is 6.04 Å². The number of nitrogens with zero attached hydrogens (tertiary/aromatic N) is 3. The van der Waals surface area contributed by atoms with Gasteiger partial charge in [-0.05, 0) is 25.8 Å². The van der Waals surface area contributed by atoms with Crippen molar-refractivity contribution in [3.05, 3.63) is 17.5 Å². The predicted molar refractivity (Wildman–Crippen MR) is 80.0 cm³/mol. The Kier molecular flexibility index (Phi) is 5.67. The van der Waals surface area contributed by atoms with Crippen LogP contribution in [0.5, 0.6) is 0 Å². The van der Waals surface area contributed by atoms with Crippen LogP contribution in [0.3, 0.4) is 0 Å². The Hall–Kier alpha value is -1.57. The van der Waals surface area contributed by atoms with Crippen LogP contribution in [0.25, 0.3) is 0 Å². The van der Waals surface area contributed by atoms with E-state index in [9.17, 15) is 18.0 Å². The SMILES string of the molecule is CCCCN1CCC(NC(=O)c2cn(C)nc2C(F)(F)F)CC1. The first-order valence-corrected chi connectivity index (χ1v) is 7.95. The van der Waals surface area contributed by atoms with Crippen molar-refractivity contribution in [1.82, 2.24) is 20.0 Å². The number of carbonyl (C=O) groups excluding carboxylic acids is 1. The molecule has 8 heteroatoms. The zero-order valence-corrected chi connectivity index (χ0v) is 13.5. The van der Waals surface area contributed by atoms with Crippen molar-refractivity contribution >= 4 is 5.91 Å². The summed E-state index contributed by atoms with van der Waals surface area (Å²) >= 11 is 0. The molecule has 0 atom stereocenters. The third kappa shape index (κ3) is 4.70. The normalized spacial score (nSPS) is 17.4. The molecule has 1 aliphatic heterocycles. The molecule has 0 unspecified atom stereocenters. The fourth-order valence-corrected chi connectivity index (χ4v) is 2.81. The largest absolute Gasteiger partial charge is 0.435 e. The van der Waals surface area contributed by atoms with E-state index >= 15 is 0 Å². The number of alkyl halides is 3. The summed E-state index contributed by atoms with van der Waals surface area (Å²) in [5.74, 6) is -0.697. The second-order valence-electron chi connectivity index (χ2n) is 6.01. The van der Waals surface area contributed by atoms with Crippen LogP contribution in [0.1, 0.15) is 48.7 Å². The molecule has 0 spiro atoms. The lowest BCUT2D eigenvalue weighted by atomic mass is 10.0. The summed E-state index contributed by atoms with van der Waals surface area (Å²) in [6.07, 6.45) is 0.291. The number of aromatic nitrogens is 2. The zero-order chi connectivity index (χ0) is 17.0. The summed E-state index contributed by atoms with van der Waals surface area (Å²) < 4.78 is 39.7. The molecule has 1 aromatic heterocycles. The van der Waals surface area contributed by atoms with Crippen LogP contribution in [0.15, 0.2) is 6.20 Å². The van der Waals surface area contributed by atoms with Gasteiger partial charge in [-0.3, -0.25) is 9.48 Å². The molecule has 1 aliphatic rings. The second kappa shape index (κ2) is 7.33. The quantitative estimate of drug-likeness (QED) is 0.901. The number of halogens is 3. The summed E-state index contributed by atoms with van der Waals surface area (Å²) in [4.78, 5) is 14.5. The highest BCUT2D eigenvalue weighted by Crippen LogP contribution is 2.30. The number of carbonyl (C=O) groups is 1. The average Bonchev–Trinajstić information content (AvgIpc) is 2.89. The molecule has 1 saturated heterocycles. The van der Waals surface area contributed by atoms with Gasteiger partial charge in [0.2, 0.25) is 0 Å². The molecule has 1 fully saturated rings. The van der Waals surface area contributed by atoms with Gasteiger partial charge in [0.1, 0.15) is 0 Å². The minimum atomic E-state index is -4.63. The number of unbranched alkanes of at least 4 members (excludes halogenated alkanes) is 1. The van der Waals surface area contributed by atoms with E-state index in [1.165, 1.54) is 7.05 Å². The third-order valence-electron chi connectivity index (χ3n) is 4.09. The number of aryl methyl sites for hydroxylation is 1. The highest BCUT2D eigenvalue weighted by atomic mass is 19.4. The van der Waals surface area contributed by atoms with Gasteiger partial charge in [0.25, 0.3) is 5.91 Å². The predicted octanol–water partition coefficient (Wildman–Crippen LogP) is 2.43. The van der Waals surface area contributed by atoms with E-state index in [1.54, 1.807) is 0 Å². The monoisotopic (exact) mass is 332 g/mol. The number of nitrogens with one attached hydrogen (secondary N) is 1. The number of piperidine rings is 1. The summed E-state index contributed by atoms with van der Waals surface area (Å²) in [5.41, 5.74) is -1.54. The Morgan fingerprint density at radius 2 is 2.04 bits per heavy atom. The van der Waals surface area contributed by atoms with Crippen LogP contribution in [-0.4, -0.2) is 46.3 Å². The van der Waals surface area contributed by atoms with Crippen LogP contribution in [0, 0.1) is 0 Å². The lowest BCUT2D eigenvalue weighted by Gasteiger charge is -2.32. The van der Waals surface area contributed by atoms with E-state index in [1.807, 2.05) is 0 Å². The molecule has 0 radical (unpaired) electrons. The molecule has 23 heavy (non-hydrogen) atoms. The van der Waals surface area contributed by atoms with Crippen molar-refractivity contribution < 1.29 is 18.0 Å². The van der Waals surface area contributed by atoms with Crippen molar-refractivity contribution in [2.75, 3.05) is 19.6 Å². The first kappa shape index (κ1) is 17.8. The third-order valence-corrected chi connectivity index (χ3v) is 4.09. The van der Waals surface area contributed by atoms with Gasteiger partial charge in [-0.15, -0.1) is 0 Å². The van der Waals surface area contributed by atoms with Crippen molar-refractivity contribution in [1.29, 1.82) is 0 Å². The van der Waals surface area contributed by atoms with Crippen molar-refractivity contribution in [3.8, 4) is 0 Å². The summed E-state index contributed by atoms with van der Waals surface area (Å²) in [6.45, 7) is 4.91. The molecular weight excluding hydrogens is 309 g/mol. The fraction of sp³-hybridized carbons (Fsp3) is 0.733. The molecule has 2 rings (SSSR count). The molecule has 0 aromatic carbocycles. The molecule has 1 amide bonds. The van der Waals surface area contributed by atoms with Gasteiger partial charge in [-0.1, -0.05) is 13.3 Å². The number of hydrogen-bond acceptors (Lipinski definition) is 3. The minimum absolute atomic E-state index is 0.0818. The molecule has 0 saturated carbocycles. The van der Waals surface area contributed by atoms with Gasteiger partial charge >= 0.3 is 6.18 Å². The lowest BCUT2D eigenvalue weighted by molar-refractivity contribution is -0.141. The van der Waals surface area contributed by atoms with Crippen LogP contribution in [0.2, 0.25) is 0 Å². The highest BCUT2D eigenvalue weighted by molar-refractivity contribution is 5.95. The highest BCUT2D eigenvalue weighted by Gasteiger charge is 2.39. The molecular formula is C15H23F3N4O. The topological polar surface area (TPSA) is 50.2 Å². The van der Waals surface area contributed by atoms with Crippen LogP contribution < -0.4 is 5.32 Å². The first-order valence-electron chi connectivity index (χ1n) is 7.95. The van der Waals surface area contributed by atoms with Crippen molar-refractivity contribution in [2.24, 2.45) is 7.05 Å². The molecule has 2 heterocycles. The molecule has 130 valence electrons. The van der Waals surface area contributed by atoms with Gasteiger partial charge in [0, 0.05) is 32.4 Å². The summed E-state index contributed by atoms with van der Waals surface area (Å²) in [6, 6.07) is -0.0818. The Bertz CT molecular complexity index is 533. The fourth-order valence-electron chi connectivity index (χ4n) is 2.81. The maximum absolute atomic E-state index is 12.9. The first-order chi connectivity index (χ1) is 10.8. The Labute approximate surface area is 133 Å². The number of rotatable bonds is 5. The number of hydrogen-bond donors (Lipinski definition) is 1. The number of likely N-dealkylation sites (tertiary alicyclic amines) is 1. The van der Waals surface area contributed by atoms with Gasteiger partial charge in [0.05, 0.1) is 5.56 Å². The maximum Gasteiger partial charge on any atom is 0.435 e. The molecule has 0 bridgehead atoms. The smallest absolute Gasteiger partial charge is 0.349 e. The van der Waals surface area contributed by atoms with Gasteiger partial charge in [-0.25, -0.2) is 0 Å². The minimum Gasteiger partial charge on any atom is -0.349 e. The van der Waals surface area contributed by atoms with Crippen LogP contribution in [-0.2, 0) is 13.2 Å². The van der Waals surface area contributed by atoms with Crippen LogP contribution in [0.4, 0.5) is 13.2 Å². The Morgan fingerprint density at radius 3 is 2.61 bits per heavy atom. The average molecular weight is 332 g/mol. The van der Waals surface area contributed by atoms with E-state index in [2.05, 4.69) is 22.2 Å². The van der Waals surface area contributed by atoms with Gasteiger partial charge in [-0.2, -0.15) is 18.3 Å². The van der Waals surface area contributed by atoms with Crippen molar-refractivity contribution in [2.45, 2.75) is 44.8 Å².